The van der Waals surface area contributed by atoms with Crippen molar-refractivity contribution in [1.82, 2.24) is 0 Å². The Hall–Kier alpha value is -4.38. The van der Waals surface area contributed by atoms with Crippen molar-refractivity contribution in [2.75, 3.05) is 9.80 Å². The van der Waals surface area contributed by atoms with Crippen LogP contribution in [0.5, 0.6) is 0 Å². The van der Waals surface area contributed by atoms with E-state index in [2.05, 4.69) is 203 Å². The molecule has 4 heteroatoms. The zero-order valence-electron chi connectivity index (χ0n) is 35.7. The Morgan fingerprint density at radius 2 is 0.733 bits per heavy atom. The number of hydrogen-bond acceptors (Lipinski definition) is 2. The molecule has 9 rings (SSSR count). The van der Waals surface area contributed by atoms with Crippen LogP contribution >= 0.6 is 31.9 Å². The number of nitrogens with zero attached hydrogens (tertiary/aromatic N) is 2. The molecule has 7 aromatic rings. The van der Waals surface area contributed by atoms with Gasteiger partial charge >= 0.3 is 0 Å². The van der Waals surface area contributed by atoms with Gasteiger partial charge in [-0.15, -0.1) is 0 Å². The maximum atomic E-state index is 3.87. The van der Waals surface area contributed by atoms with Gasteiger partial charge in [0.1, 0.15) is 0 Å². The van der Waals surface area contributed by atoms with Crippen molar-refractivity contribution in [3.63, 3.8) is 0 Å². The van der Waals surface area contributed by atoms with Gasteiger partial charge in [0.05, 0.1) is 11.4 Å². The number of benzene rings is 7. The minimum absolute atomic E-state index is 0.455. The molecule has 2 nitrogen and oxygen atoms in total. The van der Waals surface area contributed by atoms with Gasteiger partial charge in [0.2, 0.25) is 0 Å². The molecule has 0 spiro atoms. The quantitative estimate of drug-likeness (QED) is 0.0684. The van der Waals surface area contributed by atoms with Crippen LogP contribution in [-0.4, -0.2) is 0 Å². The molecule has 0 radical (unpaired) electrons. The molecule has 0 aromatic heterocycles. The number of alkyl halides is 2. The lowest BCUT2D eigenvalue weighted by molar-refractivity contribution is 0.723. The number of hydrogen-bond donors (Lipinski definition) is 0. The fourth-order valence-electron chi connectivity index (χ4n) is 10.1. The molecule has 2 aliphatic carbocycles. The topological polar surface area (TPSA) is 6.48 Å². The summed E-state index contributed by atoms with van der Waals surface area (Å²) < 4.78 is 0. The van der Waals surface area contributed by atoms with Gasteiger partial charge in [0, 0.05) is 55.0 Å². The van der Waals surface area contributed by atoms with Crippen molar-refractivity contribution in [1.29, 1.82) is 0 Å². The Morgan fingerprint density at radius 3 is 1.03 bits per heavy atom. The Balaban J connectivity index is 1.34. The highest BCUT2D eigenvalue weighted by molar-refractivity contribution is 9.08. The van der Waals surface area contributed by atoms with Crippen LogP contribution < -0.4 is 9.80 Å². The van der Waals surface area contributed by atoms with Crippen molar-refractivity contribution in [3.8, 4) is 0 Å². The molecule has 0 bridgehead atoms. The molecule has 7 aromatic carbocycles. The predicted octanol–water partition coefficient (Wildman–Crippen LogP) is 18.3. The first-order chi connectivity index (χ1) is 29.3. The summed E-state index contributed by atoms with van der Waals surface area (Å²) in [7, 11) is 0. The SMILES string of the molecule is CC(C)c1ccc(N(c2ccc(C3CCCC3)cc2)c2c3ccc(CBr)cc3c(N(c3ccc(C(C)C)cc3)c3ccc(C4CCCC4)cc3)c3ccc(CBr)cc23)cc1. The number of anilines is 6. The van der Waals surface area contributed by atoms with Crippen LogP contribution in [0.15, 0.2) is 133 Å². The second kappa shape index (κ2) is 17.9. The summed E-state index contributed by atoms with van der Waals surface area (Å²) in [5.41, 5.74) is 15.3. The molecule has 2 saturated carbocycles. The van der Waals surface area contributed by atoms with Crippen molar-refractivity contribution in [2.45, 2.75) is 113 Å². The van der Waals surface area contributed by atoms with Gasteiger partial charge in [-0.3, -0.25) is 0 Å². The first-order valence-electron chi connectivity index (χ1n) is 22.4. The highest BCUT2D eigenvalue weighted by Crippen LogP contribution is 2.52. The van der Waals surface area contributed by atoms with Crippen molar-refractivity contribution >= 4 is 87.5 Å². The van der Waals surface area contributed by atoms with Crippen LogP contribution in [0.25, 0.3) is 21.5 Å². The summed E-state index contributed by atoms with van der Waals surface area (Å²) in [5.74, 6) is 2.23. The summed E-state index contributed by atoms with van der Waals surface area (Å²) in [6.45, 7) is 9.12. The van der Waals surface area contributed by atoms with Gasteiger partial charge in [0.15, 0.2) is 0 Å². The van der Waals surface area contributed by atoms with Crippen molar-refractivity contribution < 1.29 is 0 Å². The summed E-state index contributed by atoms with van der Waals surface area (Å²) in [5, 5.41) is 6.49. The Bertz CT molecular complexity index is 2380. The molecule has 0 aliphatic heterocycles. The monoisotopic (exact) mass is 916 g/mol. The normalized spacial score (nSPS) is 14.9. The van der Waals surface area contributed by atoms with E-state index in [1.165, 1.54) is 140 Å². The van der Waals surface area contributed by atoms with Crippen LogP contribution in [0.3, 0.4) is 0 Å². The van der Waals surface area contributed by atoms with Gasteiger partial charge in [-0.25, -0.2) is 0 Å². The Labute approximate surface area is 375 Å². The van der Waals surface area contributed by atoms with Crippen molar-refractivity contribution in [2.24, 2.45) is 0 Å². The third kappa shape index (κ3) is 8.07. The smallest absolute Gasteiger partial charge is 0.0620 e. The van der Waals surface area contributed by atoms with Gasteiger partial charge in [0.25, 0.3) is 0 Å². The maximum Gasteiger partial charge on any atom is 0.0620 e. The van der Waals surface area contributed by atoms with E-state index in [9.17, 15) is 0 Å². The highest BCUT2D eigenvalue weighted by atomic mass is 79.9. The fourth-order valence-corrected chi connectivity index (χ4v) is 10.8. The van der Waals surface area contributed by atoms with Gasteiger partial charge < -0.3 is 9.80 Å². The lowest BCUT2D eigenvalue weighted by atomic mass is 9.92. The summed E-state index contributed by atoms with van der Waals surface area (Å²) in [6.07, 6.45) is 10.5. The average Bonchev–Trinajstić information content (AvgIpc) is 4.04. The summed E-state index contributed by atoms with van der Waals surface area (Å²) >= 11 is 7.74. The lowest BCUT2D eigenvalue weighted by Gasteiger charge is -2.33. The molecular weight excluding hydrogens is 860 g/mol. The minimum atomic E-state index is 0.455. The maximum absolute atomic E-state index is 3.87. The number of rotatable bonds is 12. The minimum Gasteiger partial charge on any atom is -0.309 e. The zero-order valence-corrected chi connectivity index (χ0v) is 38.9. The lowest BCUT2D eigenvalue weighted by Crippen LogP contribution is -2.15. The predicted molar refractivity (Wildman–Crippen MR) is 267 cm³/mol. The van der Waals surface area contributed by atoms with Gasteiger partial charge in [-0.2, -0.15) is 0 Å². The molecule has 60 heavy (non-hydrogen) atoms. The largest absolute Gasteiger partial charge is 0.309 e. The molecule has 2 aliphatic rings. The van der Waals surface area contributed by atoms with E-state index < -0.39 is 0 Å². The highest BCUT2D eigenvalue weighted by Gasteiger charge is 2.27. The number of halogens is 2. The standard InChI is InChI=1S/C56H58Br2N2/c1-37(2)41-15-23-47(24-16-41)59(49-27-19-45(20-28-49)43-9-5-6-10-43)55-51-31-13-40(36-58)34-54(51)56(52-32-14-39(35-57)33-53(52)55)60(48-25-17-42(18-26-48)38(3)4)50-29-21-46(22-30-50)44-11-7-8-12-44/h13-34,37-38,43-44H,5-12,35-36H2,1-4H3. The molecule has 0 saturated heterocycles. The molecule has 2 fully saturated rings. The van der Waals surface area contributed by atoms with E-state index in [4.69, 9.17) is 0 Å². The van der Waals surface area contributed by atoms with Crippen LogP contribution in [-0.2, 0) is 10.7 Å². The Morgan fingerprint density at radius 1 is 0.417 bits per heavy atom. The van der Waals surface area contributed by atoms with E-state index in [-0.39, 0.29) is 0 Å². The molecule has 0 amide bonds. The molecular formula is C56H58Br2N2. The molecule has 0 N–H and O–H groups in total. The third-order valence-electron chi connectivity index (χ3n) is 13.5. The van der Waals surface area contributed by atoms with Crippen LogP contribution in [0.1, 0.15) is 136 Å². The summed E-state index contributed by atoms with van der Waals surface area (Å²) in [4.78, 5) is 5.09. The molecule has 0 atom stereocenters. The first-order valence-corrected chi connectivity index (χ1v) is 24.7. The third-order valence-corrected chi connectivity index (χ3v) is 14.8. The van der Waals surface area contributed by atoms with E-state index in [1.54, 1.807) is 0 Å². The van der Waals surface area contributed by atoms with E-state index in [0.717, 1.165) is 10.7 Å². The molecule has 0 unspecified atom stereocenters. The molecule has 0 heterocycles. The van der Waals surface area contributed by atoms with E-state index in [0.29, 0.717) is 23.7 Å². The second-order valence-electron chi connectivity index (χ2n) is 18.0. The Kier molecular flexibility index (Phi) is 12.2. The van der Waals surface area contributed by atoms with Crippen LogP contribution in [0.4, 0.5) is 34.1 Å². The van der Waals surface area contributed by atoms with Crippen LogP contribution in [0.2, 0.25) is 0 Å². The first kappa shape index (κ1) is 41.0. The van der Waals surface area contributed by atoms with E-state index in [1.807, 2.05) is 0 Å². The second-order valence-corrected chi connectivity index (χ2v) is 19.2. The number of fused-ring (bicyclic) bond motifs is 2. The van der Waals surface area contributed by atoms with Gasteiger partial charge in [-0.1, -0.05) is 158 Å². The van der Waals surface area contributed by atoms with Crippen molar-refractivity contribution in [3.05, 3.63) is 167 Å². The fraction of sp³-hybridized carbons (Fsp3) is 0.321. The average molecular weight is 919 g/mol. The van der Waals surface area contributed by atoms with Gasteiger partial charge in [-0.05, 0) is 143 Å². The summed E-state index contributed by atoms with van der Waals surface area (Å²) in [6, 6.07) is 52.0. The molecule has 306 valence electrons. The van der Waals surface area contributed by atoms with Crippen LogP contribution in [0, 0.1) is 0 Å². The zero-order chi connectivity index (χ0) is 41.3. The van der Waals surface area contributed by atoms with E-state index >= 15 is 0 Å².